The molecule has 0 radical (unpaired) electrons. The summed E-state index contributed by atoms with van der Waals surface area (Å²) >= 11 is 0. The maximum Gasteiger partial charge on any atom is 0.312 e. The number of Topliss-reactive ketones (excluding diaryl/α,β-unsaturated/α-hetero) is 1. The van der Waals surface area contributed by atoms with Gasteiger partial charge in [-0.2, -0.15) is 5.10 Å². The lowest BCUT2D eigenvalue weighted by Gasteiger charge is -2.41. The number of likely N-dealkylation sites (N-methyl/N-ethyl adjacent to an activating group) is 1. The fourth-order valence-corrected chi connectivity index (χ4v) is 8.80. The molecule has 1 amide bonds. The molecule has 4 aliphatic rings. The number of aliphatic hydroxyl groups is 2. The van der Waals surface area contributed by atoms with E-state index in [1.54, 1.807) is 39.8 Å². The molecule has 0 saturated carbocycles. The van der Waals surface area contributed by atoms with E-state index in [-0.39, 0.29) is 56.6 Å². The van der Waals surface area contributed by atoms with E-state index >= 15 is 0 Å². The zero-order valence-corrected chi connectivity index (χ0v) is 37.1. The van der Waals surface area contributed by atoms with Crippen LogP contribution in [-0.2, 0) is 23.8 Å². The molecular weight excluding hydrogens is 789 g/mol. The first-order valence-corrected chi connectivity index (χ1v) is 20.6. The minimum absolute atomic E-state index is 0.0501. The number of ketones is 1. The summed E-state index contributed by atoms with van der Waals surface area (Å²) < 4.78 is 23.7. The Balaban J connectivity index is 1.73. The number of benzene rings is 2. The SMILES string of the molecule is CO[C@H]1/C=C/O[C@@]2(C)Oc3c(C)c(O)c4c(O)c(c(/C=N\N5C(C)CN(C)CC5C)c(O)c4c3C2=O)NC(=O)/C(C)=C\C=C\[C@H](C)[C@H](O)[C@@H](C)[C@@H](O)[C@@H](C)[C@H](OC(C)=O)[C@@H]1C. The number of rotatable bonds is 4. The van der Waals surface area contributed by atoms with E-state index in [1.807, 2.05) is 25.9 Å². The van der Waals surface area contributed by atoms with Crippen LogP contribution in [0.5, 0.6) is 23.0 Å². The van der Waals surface area contributed by atoms with Crippen LogP contribution in [0, 0.1) is 30.6 Å². The average molecular weight is 851 g/mol. The summed E-state index contributed by atoms with van der Waals surface area (Å²) in [4.78, 5) is 42.9. The number of esters is 1. The number of aromatic hydroxyl groups is 3. The van der Waals surface area contributed by atoms with Crippen LogP contribution in [0.3, 0.4) is 0 Å². The van der Waals surface area contributed by atoms with Gasteiger partial charge in [0.05, 0.1) is 65.1 Å². The van der Waals surface area contributed by atoms with Crippen molar-refractivity contribution in [2.24, 2.45) is 28.8 Å². The van der Waals surface area contributed by atoms with E-state index in [4.69, 9.17) is 24.0 Å². The first-order chi connectivity index (χ1) is 28.6. The smallest absolute Gasteiger partial charge is 0.312 e. The van der Waals surface area contributed by atoms with Gasteiger partial charge in [-0.05, 0) is 40.8 Å². The Hall–Kier alpha value is -5.16. The molecule has 4 heterocycles. The number of nitrogens with one attached hydrogen (secondary N) is 1. The lowest BCUT2D eigenvalue weighted by atomic mass is 9.78. The van der Waals surface area contributed by atoms with Crippen molar-refractivity contribution >= 4 is 40.3 Å². The second-order valence-electron chi connectivity index (χ2n) is 17.2. The molecule has 5 bridgehead atoms. The molecule has 1 fully saturated rings. The molecule has 2 unspecified atom stereocenters. The number of phenols is 3. The lowest BCUT2D eigenvalue weighted by molar-refractivity contribution is -0.160. The summed E-state index contributed by atoms with van der Waals surface area (Å²) in [6.07, 6.45) is 4.88. The molecule has 6 N–H and O–H groups in total. The van der Waals surface area contributed by atoms with Crippen LogP contribution in [0.1, 0.15) is 83.8 Å². The maximum absolute atomic E-state index is 14.5. The van der Waals surface area contributed by atoms with Crippen molar-refractivity contribution < 1.29 is 58.9 Å². The van der Waals surface area contributed by atoms with Crippen LogP contribution in [0.25, 0.3) is 10.8 Å². The van der Waals surface area contributed by atoms with Crippen molar-refractivity contribution in [2.45, 2.75) is 112 Å². The van der Waals surface area contributed by atoms with Crippen molar-refractivity contribution in [1.29, 1.82) is 0 Å². The molecule has 11 atom stereocenters. The number of carbonyl (C=O) groups is 3. The molecule has 0 aromatic heterocycles. The van der Waals surface area contributed by atoms with Gasteiger partial charge in [0.2, 0.25) is 0 Å². The first-order valence-electron chi connectivity index (χ1n) is 20.6. The topological polar surface area (TPSA) is 220 Å². The van der Waals surface area contributed by atoms with Crippen molar-refractivity contribution in [1.82, 2.24) is 9.91 Å². The predicted octanol–water partition coefficient (Wildman–Crippen LogP) is 5.11. The van der Waals surface area contributed by atoms with E-state index in [2.05, 4.69) is 10.2 Å². The zero-order chi connectivity index (χ0) is 45.4. The summed E-state index contributed by atoms with van der Waals surface area (Å²) in [5, 5.41) is 67.5. The highest BCUT2D eigenvalue weighted by Crippen LogP contribution is 2.55. The fourth-order valence-electron chi connectivity index (χ4n) is 8.80. The fraction of sp³-hybridized carbons (Fsp3) is 0.556. The van der Waals surface area contributed by atoms with Gasteiger partial charge in [-0.25, -0.2) is 0 Å². The standard InChI is InChI=1S/C45H62N4O12/c1-21-14-13-15-22(2)44(57)47-35-30(18-46-49-23(3)19-48(11)20-24(49)4)39(54)32-33(40(35)55)38(53)28(8)42-34(32)43(56)45(10,61-42)59-17-16-31(58-12)25(5)41(60-29(9)50)27(7)37(52)26(6)36(21)51/h13-18,21,23-27,31,36-37,41,51-55H,19-20H2,1-12H3,(H,47,57)/b14-13+,17-16+,22-15-,46-18-/t21-,23?,24?,25+,26+,27+,31-,36-,37+,41+,45-/m0/s1. The highest BCUT2D eigenvalue weighted by molar-refractivity contribution is 6.23. The number of aliphatic hydroxyl groups excluding tert-OH is 2. The number of amides is 1. The molecule has 4 aliphatic heterocycles. The minimum atomic E-state index is -2.05. The van der Waals surface area contributed by atoms with Crippen molar-refractivity contribution in [3.63, 3.8) is 0 Å². The van der Waals surface area contributed by atoms with Crippen LogP contribution in [0.4, 0.5) is 5.69 Å². The van der Waals surface area contributed by atoms with E-state index in [1.165, 1.54) is 59.4 Å². The molecule has 334 valence electrons. The van der Waals surface area contributed by atoms with E-state index in [9.17, 15) is 39.9 Å². The number of hydrogen-bond acceptors (Lipinski definition) is 15. The normalized spacial score (nSPS) is 33.9. The van der Waals surface area contributed by atoms with Gasteiger partial charge >= 0.3 is 11.8 Å². The Kier molecular flexibility index (Phi) is 14.2. The van der Waals surface area contributed by atoms with Crippen molar-refractivity contribution in [3.05, 3.63) is 52.8 Å². The van der Waals surface area contributed by atoms with E-state index < -0.39 is 88.8 Å². The van der Waals surface area contributed by atoms with E-state index in [0.29, 0.717) is 13.1 Å². The first kappa shape index (κ1) is 46.9. The molecule has 16 nitrogen and oxygen atoms in total. The van der Waals surface area contributed by atoms with Gasteiger partial charge in [-0.15, -0.1) is 0 Å². The van der Waals surface area contributed by atoms with Crippen LogP contribution in [0.2, 0.25) is 0 Å². The highest BCUT2D eigenvalue weighted by Gasteiger charge is 2.50. The minimum Gasteiger partial charge on any atom is -0.507 e. The Morgan fingerprint density at radius 2 is 1.57 bits per heavy atom. The molecule has 2 aromatic carbocycles. The maximum atomic E-state index is 14.5. The molecular formula is C45H62N4O12. The number of methoxy groups -OCH3 is 1. The lowest BCUT2D eigenvalue weighted by Crippen LogP contribution is -2.53. The number of hydrazone groups is 1. The number of piperazine rings is 1. The van der Waals surface area contributed by atoms with E-state index in [0.717, 1.165) is 0 Å². The van der Waals surface area contributed by atoms with Gasteiger partial charge in [0.1, 0.15) is 23.4 Å². The third-order valence-corrected chi connectivity index (χ3v) is 12.4. The number of fused-ring (bicyclic) bond motifs is 14. The average Bonchev–Trinajstić information content (AvgIpc) is 3.46. The predicted molar refractivity (Wildman–Crippen MR) is 230 cm³/mol. The molecule has 2 aromatic rings. The Labute approximate surface area is 357 Å². The van der Waals surface area contributed by atoms with Gasteiger partial charge in [-0.1, -0.05) is 45.9 Å². The van der Waals surface area contributed by atoms with Crippen LogP contribution < -0.4 is 10.1 Å². The molecule has 0 aliphatic carbocycles. The molecule has 6 rings (SSSR count). The van der Waals surface area contributed by atoms with Gasteiger partial charge in [0.15, 0.2) is 5.75 Å². The van der Waals surface area contributed by atoms with Gasteiger partial charge in [0.25, 0.3) is 11.7 Å². The number of allylic oxidation sites excluding steroid dienone is 2. The number of hydrogen-bond donors (Lipinski definition) is 6. The zero-order valence-electron chi connectivity index (χ0n) is 37.1. The number of phenolic OH excluding ortho intramolecular Hbond substituents is 3. The van der Waals surface area contributed by atoms with Crippen molar-refractivity contribution in [2.75, 3.05) is 32.6 Å². The van der Waals surface area contributed by atoms with Crippen molar-refractivity contribution in [3.8, 4) is 23.0 Å². The Bertz CT molecular complexity index is 2140. The monoisotopic (exact) mass is 850 g/mol. The Morgan fingerprint density at radius 3 is 2.18 bits per heavy atom. The van der Waals surface area contributed by atoms with Gasteiger partial charge in [-0.3, -0.25) is 19.4 Å². The molecule has 0 spiro atoms. The third-order valence-electron chi connectivity index (χ3n) is 12.4. The van der Waals surface area contributed by atoms with Gasteiger partial charge < -0.3 is 54.7 Å². The summed E-state index contributed by atoms with van der Waals surface area (Å²) in [5.41, 5.74) is -0.367. The molecule has 16 heteroatoms. The summed E-state index contributed by atoms with van der Waals surface area (Å²) in [7, 11) is 3.44. The number of carbonyl (C=O) groups excluding carboxylic acids is 3. The number of anilines is 1. The highest BCUT2D eigenvalue weighted by atomic mass is 16.7. The largest absolute Gasteiger partial charge is 0.507 e. The second kappa shape index (κ2) is 18.4. The number of nitrogens with zero attached hydrogens (tertiary/aromatic N) is 3. The summed E-state index contributed by atoms with van der Waals surface area (Å²) in [6.45, 7) is 17.9. The summed E-state index contributed by atoms with van der Waals surface area (Å²) in [5.74, 6) is -8.39. The van der Waals surface area contributed by atoms with Crippen LogP contribution in [-0.4, -0.2) is 129 Å². The Morgan fingerprint density at radius 1 is 0.934 bits per heavy atom. The van der Waals surface area contributed by atoms with Gasteiger partial charge in [0, 0.05) is 74.2 Å². The number of ether oxygens (including phenoxy) is 4. The second-order valence-corrected chi connectivity index (χ2v) is 17.2. The van der Waals surface area contributed by atoms with Crippen LogP contribution >= 0.6 is 0 Å². The summed E-state index contributed by atoms with van der Waals surface area (Å²) in [6, 6.07) is -0.100. The molecule has 61 heavy (non-hydrogen) atoms. The van der Waals surface area contributed by atoms with Crippen LogP contribution in [0.15, 0.2) is 41.2 Å². The third kappa shape index (κ3) is 9.08. The quantitative estimate of drug-likeness (QED) is 0.102. The molecule has 1 saturated heterocycles.